The first-order chi connectivity index (χ1) is 8.56. The molecule has 0 aromatic heterocycles. The Morgan fingerprint density at radius 1 is 0.944 bits per heavy atom. The first-order valence-corrected chi connectivity index (χ1v) is 7.46. The molecule has 94 valence electrons. The summed E-state index contributed by atoms with van der Waals surface area (Å²) in [4.78, 5) is 0. The van der Waals surface area contributed by atoms with E-state index in [-0.39, 0.29) is 12.4 Å². The summed E-state index contributed by atoms with van der Waals surface area (Å²) in [6, 6.07) is 10.5. The Morgan fingerprint density at radius 2 is 1.61 bits per heavy atom. The van der Waals surface area contributed by atoms with E-state index in [4.69, 9.17) is 4.74 Å². The van der Waals surface area contributed by atoms with Crippen molar-refractivity contribution in [1.29, 1.82) is 0 Å². The monoisotopic (exact) mass is 436 g/mol. The first-order valence-electron chi connectivity index (χ1n) is 5.08. The van der Waals surface area contributed by atoms with Crippen LogP contribution in [0.15, 0.2) is 49.8 Å². The van der Waals surface area contributed by atoms with Crippen LogP contribution in [0.3, 0.4) is 0 Å². The van der Waals surface area contributed by atoms with Gasteiger partial charge >= 0.3 is 0 Å². The smallest absolute Gasteiger partial charge is 0.134 e. The fourth-order valence-electron chi connectivity index (χ4n) is 1.39. The Morgan fingerprint density at radius 3 is 2.28 bits per heavy atom. The Balaban J connectivity index is 2.11. The lowest BCUT2D eigenvalue weighted by Gasteiger charge is -2.09. The number of ether oxygens (including phenoxy) is 1. The van der Waals surface area contributed by atoms with E-state index in [1.165, 1.54) is 6.07 Å². The van der Waals surface area contributed by atoms with Gasteiger partial charge in [0.25, 0.3) is 0 Å². The van der Waals surface area contributed by atoms with Gasteiger partial charge in [0.05, 0.1) is 4.47 Å². The maximum Gasteiger partial charge on any atom is 0.134 e. The molecular formula is C13H8Br3FO. The van der Waals surface area contributed by atoms with E-state index >= 15 is 0 Å². The van der Waals surface area contributed by atoms with Gasteiger partial charge in [0.1, 0.15) is 18.2 Å². The highest BCUT2D eigenvalue weighted by atomic mass is 79.9. The summed E-state index contributed by atoms with van der Waals surface area (Å²) in [5.41, 5.74) is 0.521. The molecule has 0 radical (unpaired) electrons. The SMILES string of the molecule is Fc1cc(Br)ccc1COc1ccc(Br)cc1Br. The third-order valence-electron chi connectivity index (χ3n) is 2.29. The van der Waals surface area contributed by atoms with Crippen molar-refractivity contribution < 1.29 is 9.13 Å². The number of hydrogen-bond donors (Lipinski definition) is 0. The summed E-state index contributed by atoms with van der Waals surface area (Å²) in [5.74, 6) is 0.401. The first kappa shape index (κ1) is 14.0. The van der Waals surface area contributed by atoms with Gasteiger partial charge in [-0.3, -0.25) is 0 Å². The topological polar surface area (TPSA) is 9.23 Å². The van der Waals surface area contributed by atoms with Gasteiger partial charge < -0.3 is 4.74 Å². The molecule has 0 amide bonds. The summed E-state index contributed by atoms with van der Waals surface area (Å²) < 4.78 is 21.7. The highest BCUT2D eigenvalue weighted by Gasteiger charge is 2.06. The van der Waals surface area contributed by atoms with Crippen LogP contribution < -0.4 is 4.74 Å². The zero-order valence-electron chi connectivity index (χ0n) is 9.09. The third kappa shape index (κ3) is 3.56. The lowest BCUT2D eigenvalue weighted by Crippen LogP contribution is -1.99. The minimum absolute atomic E-state index is 0.194. The molecule has 0 fully saturated rings. The maximum atomic E-state index is 13.6. The van der Waals surface area contributed by atoms with E-state index in [2.05, 4.69) is 47.8 Å². The van der Waals surface area contributed by atoms with Crippen LogP contribution in [-0.4, -0.2) is 0 Å². The van der Waals surface area contributed by atoms with Crippen LogP contribution in [0, 0.1) is 5.82 Å². The van der Waals surface area contributed by atoms with Crippen molar-refractivity contribution in [1.82, 2.24) is 0 Å². The predicted octanol–water partition coefficient (Wildman–Crippen LogP) is 5.69. The number of halogens is 4. The second-order valence-corrected chi connectivity index (χ2v) is 6.28. The Hall–Kier alpha value is -0.390. The molecule has 18 heavy (non-hydrogen) atoms. The lowest BCUT2D eigenvalue weighted by molar-refractivity contribution is 0.298. The minimum Gasteiger partial charge on any atom is -0.488 e. The number of rotatable bonds is 3. The fourth-order valence-corrected chi connectivity index (χ4v) is 2.88. The quantitative estimate of drug-likeness (QED) is 0.598. The van der Waals surface area contributed by atoms with Crippen LogP contribution in [0.1, 0.15) is 5.56 Å². The summed E-state index contributed by atoms with van der Waals surface area (Å²) >= 11 is 9.97. The highest BCUT2D eigenvalue weighted by molar-refractivity contribution is 9.11. The average molecular weight is 439 g/mol. The van der Waals surface area contributed by atoms with Crippen molar-refractivity contribution in [3.63, 3.8) is 0 Å². The molecule has 2 aromatic rings. The molecule has 0 aliphatic rings. The molecule has 1 nitrogen and oxygen atoms in total. The molecule has 0 saturated carbocycles. The Bertz CT molecular complexity index is 521. The Labute approximate surface area is 130 Å². The standard InChI is InChI=1S/C13H8Br3FO/c14-9-3-4-13(11(16)5-9)18-7-8-1-2-10(15)6-12(8)17/h1-6H,7H2. The van der Waals surface area contributed by atoms with Crippen LogP contribution in [0.5, 0.6) is 5.75 Å². The van der Waals surface area contributed by atoms with Crippen LogP contribution in [-0.2, 0) is 6.61 Å². The van der Waals surface area contributed by atoms with Gasteiger partial charge in [-0.15, -0.1) is 0 Å². The van der Waals surface area contributed by atoms with E-state index < -0.39 is 0 Å². The number of benzene rings is 2. The molecule has 0 atom stereocenters. The van der Waals surface area contributed by atoms with Crippen molar-refractivity contribution in [3.8, 4) is 5.75 Å². The summed E-state index contributed by atoms with van der Waals surface area (Å²) in [7, 11) is 0. The van der Waals surface area contributed by atoms with Crippen molar-refractivity contribution in [3.05, 3.63) is 61.2 Å². The average Bonchev–Trinajstić information content (AvgIpc) is 2.30. The molecular weight excluding hydrogens is 431 g/mol. The van der Waals surface area contributed by atoms with Crippen molar-refractivity contribution in [2.45, 2.75) is 6.61 Å². The molecule has 0 aliphatic heterocycles. The van der Waals surface area contributed by atoms with Crippen LogP contribution >= 0.6 is 47.8 Å². The van der Waals surface area contributed by atoms with Crippen molar-refractivity contribution in [2.24, 2.45) is 0 Å². The lowest BCUT2D eigenvalue weighted by atomic mass is 10.2. The van der Waals surface area contributed by atoms with Gasteiger partial charge in [0, 0.05) is 14.5 Å². The molecule has 0 heterocycles. The molecule has 2 aromatic carbocycles. The third-order valence-corrected chi connectivity index (χ3v) is 3.90. The van der Waals surface area contributed by atoms with Crippen LogP contribution in [0.25, 0.3) is 0 Å². The zero-order valence-corrected chi connectivity index (χ0v) is 13.8. The number of hydrogen-bond acceptors (Lipinski definition) is 1. The predicted molar refractivity (Wildman–Crippen MR) is 80.3 cm³/mol. The van der Waals surface area contributed by atoms with Crippen molar-refractivity contribution >= 4 is 47.8 Å². The van der Waals surface area contributed by atoms with Crippen LogP contribution in [0.2, 0.25) is 0 Å². The van der Waals surface area contributed by atoms with E-state index in [0.29, 0.717) is 15.8 Å². The van der Waals surface area contributed by atoms with Crippen molar-refractivity contribution in [2.75, 3.05) is 0 Å². The minimum atomic E-state index is -0.280. The fraction of sp³-hybridized carbons (Fsp3) is 0.0769. The van der Waals surface area contributed by atoms with Gasteiger partial charge in [-0.1, -0.05) is 37.9 Å². The van der Waals surface area contributed by atoms with Crippen LogP contribution in [0.4, 0.5) is 4.39 Å². The largest absolute Gasteiger partial charge is 0.488 e. The summed E-state index contributed by atoms with van der Waals surface area (Å²) in [6.07, 6.45) is 0. The maximum absolute atomic E-state index is 13.6. The molecule has 0 N–H and O–H groups in total. The van der Waals surface area contributed by atoms with Gasteiger partial charge in [-0.2, -0.15) is 0 Å². The molecule has 5 heteroatoms. The molecule has 0 spiro atoms. The molecule has 0 saturated heterocycles. The molecule has 0 unspecified atom stereocenters. The summed E-state index contributed by atoms with van der Waals surface area (Å²) in [5, 5.41) is 0. The molecule has 2 rings (SSSR count). The highest BCUT2D eigenvalue weighted by Crippen LogP contribution is 2.29. The zero-order chi connectivity index (χ0) is 13.1. The van der Waals surface area contributed by atoms with E-state index in [0.717, 1.165) is 8.95 Å². The normalized spacial score (nSPS) is 10.4. The van der Waals surface area contributed by atoms with Gasteiger partial charge in [0.15, 0.2) is 0 Å². The van der Waals surface area contributed by atoms with Gasteiger partial charge in [-0.25, -0.2) is 4.39 Å². The second kappa shape index (κ2) is 6.17. The van der Waals surface area contributed by atoms with Gasteiger partial charge in [-0.05, 0) is 46.3 Å². The molecule has 0 aliphatic carbocycles. The van der Waals surface area contributed by atoms with Gasteiger partial charge in [0.2, 0.25) is 0 Å². The summed E-state index contributed by atoms with van der Waals surface area (Å²) in [6.45, 7) is 0.194. The Kier molecular flexibility index (Phi) is 4.81. The van der Waals surface area contributed by atoms with E-state index in [1.807, 2.05) is 18.2 Å². The molecule has 0 bridgehead atoms. The van der Waals surface area contributed by atoms with E-state index in [1.54, 1.807) is 12.1 Å². The second-order valence-electron chi connectivity index (χ2n) is 3.60. The van der Waals surface area contributed by atoms with E-state index in [9.17, 15) is 4.39 Å².